The highest BCUT2D eigenvalue weighted by Gasteiger charge is 2.46. The first kappa shape index (κ1) is 13.1. The van der Waals surface area contributed by atoms with E-state index in [0.29, 0.717) is 12.6 Å². The van der Waals surface area contributed by atoms with Crippen LogP contribution in [0.4, 0.5) is 10.6 Å². The molecule has 2 atom stereocenters. The van der Waals surface area contributed by atoms with Crippen LogP contribution in [0, 0.1) is 0 Å². The topological polar surface area (TPSA) is 58.6 Å². The zero-order valence-electron chi connectivity index (χ0n) is 12.1. The minimum Gasteiger partial charge on any atom is -0.444 e. The summed E-state index contributed by atoms with van der Waals surface area (Å²) in [5.74, 6) is 0.892. The Hall–Kier alpha value is -1.85. The van der Waals surface area contributed by atoms with E-state index in [1.165, 1.54) is 0 Å². The van der Waals surface area contributed by atoms with E-state index < -0.39 is 5.60 Å². The van der Waals surface area contributed by atoms with Crippen LogP contribution in [0.15, 0.2) is 18.3 Å². The molecule has 108 valence electrons. The zero-order chi connectivity index (χ0) is 14.3. The summed E-state index contributed by atoms with van der Waals surface area (Å²) < 4.78 is 5.46. The maximum absolute atomic E-state index is 12.2. The first-order valence-corrected chi connectivity index (χ1v) is 6.98. The van der Waals surface area contributed by atoms with Crippen molar-refractivity contribution in [2.75, 3.05) is 18.0 Å². The summed E-state index contributed by atoms with van der Waals surface area (Å²) >= 11 is 0. The lowest BCUT2D eigenvalue weighted by Gasteiger charge is -2.35. The summed E-state index contributed by atoms with van der Waals surface area (Å²) in [5, 5.41) is 8.07. The van der Waals surface area contributed by atoms with Crippen LogP contribution in [0.3, 0.4) is 0 Å². The molecule has 3 heterocycles. The molecule has 6 nitrogen and oxygen atoms in total. The lowest BCUT2D eigenvalue weighted by Crippen LogP contribution is -2.50. The van der Waals surface area contributed by atoms with Gasteiger partial charge >= 0.3 is 6.09 Å². The van der Waals surface area contributed by atoms with Crippen LogP contribution in [0.25, 0.3) is 0 Å². The lowest BCUT2D eigenvalue weighted by molar-refractivity contribution is 0.0214. The number of ether oxygens (including phenoxy) is 1. The van der Waals surface area contributed by atoms with Gasteiger partial charge in [0.1, 0.15) is 5.60 Å². The third-order valence-electron chi connectivity index (χ3n) is 3.72. The van der Waals surface area contributed by atoms with E-state index in [1.807, 2.05) is 37.8 Å². The molecule has 2 aliphatic rings. The molecule has 6 heteroatoms. The normalized spacial score (nSPS) is 25.1. The summed E-state index contributed by atoms with van der Waals surface area (Å²) in [4.78, 5) is 16.2. The third kappa shape index (κ3) is 2.42. The second-order valence-electron chi connectivity index (χ2n) is 6.41. The van der Waals surface area contributed by atoms with Gasteiger partial charge < -0.3 is 14.5 Å². The summed E-state index contributed by atoms with van der Waals surface area (Å²) in [6.07, 6.45) is 2.45. The van der Waals surface area contributed by atoms with E-state index in [4.69, 9.17) is 4.74 Å². The minimum atomic E-state index is -0.441. The Kier molecular flexibility index (Phi) is 3.03. The minimum absolute atomic E-state index is 0.205. The molecule has 0 unspecified atom stereocenters. The fourth-order valence-electron chi connectivity index (χ4n) is 2.94. The van der Waals surface area contributed by atoms with Crippen molar-refractivity contribution in [3.63, 3.8) is 0 Å². The third-order valence-corrected chi connectivity index (χ3v) is 3.72. The average molecular weight is 276 g/mol. The van der Waals surface area contributed by atoms with Crippen LogP contribution in [0.1, 0.15) is 27.2 Å². The van der Waals surface area contributed by atoms with E-state index in [9.17, 15) is 4.79 Å². The first-order chi connectivity index (χ1) is 9.44. The molecule has 1 aromatic heterocycles. The van der Waals surface area contributed by atoms with Gasteiger partial charge in [0.05, 0.1) is 12.1 Å². The van der Waals surface area contributed by atoms with Gasteiger partial charge in [0.25, 0.3) is 0 Å². The Morgan fingerprint density at radius 1 is 1.35 bits per heavy atom. The quantitative estimate of drug-likeness (QED) is 0.781. The van der Waals surface area contributed by atoms with E-state index in [2.05, 4.69) is 15.1 Å². The van der Waals surface area contributed by atoms with E-state index in [-0.39, 0.29) is 12.1 Å². The molecular weight excluding hydrogens is 256 g/mol. The van der Waals surface area contributed by atoms with Crippen molar-refractivity contribution < 1.29 is 9.53 Å². The molecule has 0 aromatic carbocycles. The molecule has 0 N–H and O–H groups in total. The highest BCUT2D eigenvalue weighted by molar-refractivity contribution is 5.70. The van der Waals surface area contributed by atoms with Crippen LogP contribution in [0.5, 0.6) is 0 Å². The fourth-order valence-corrected chi connectivity index (χ4v) is 2.94. The van der Waals surface area contributed by atoms with Gasteiger partial charge in [-0.05, 0) is 39.3 Å². The van der Waals surface area contributed by atoms with E-state index in [0.717, 1.165) is 18.8 Å². The predicted molar refractivity (Wildman–Crippen MR) is 74.5 cm³/mol. The van der Waals surface area contributed by atoms with Crippen LogP contribution in [-0.2, 0) is 4.74 Å². The standard InChI is InChI=1S/C14H20N4O2/c1-14(2,3)20-13(19)18-9-10-7-11(18)8-17(10)12-5-4-6-15-16-12/h4-6,10-11H,7-9H2,1-3H3/t10-,11-/m1/s1. The Balaban J connectivity index is 1.66. The van der Waals surface area contributed by atoms with Gasteiger partial charge in [-0.25, -0.2) is 4.79 Å². The number of rotatable bonds is 1. The van der Waals surface area contributed by atoms with Gasteiger partial charge in [-0.2, -0.15) is 5.10 Å². The number of hydrogen-bond donors (Lipinski definition) is 0. The maximum Gasteiger partial charge on any atom is 0.410 e. The number of anilines is 1. The number of nitrogens with zero attached hydrogens (tertiary/aromatic N) is 4. The molecule has 3 rings (SSSR count). The second kappa shape index (κ2) is 4.61. The van der Waals surface area contributed by atoms with E-state index in [1.54, 1.807) is 6.20 Å². The Bertz CT molecular complexity index is 500. The molecular formula is C14H20N4O2. The number of likely N-dealkylation sites (tertiary alicyclic amines) is 1. The van der Waals surface area contributed by atoms with Crippen LogP contribution in [0.2, 0.25) is 0 Å². The Morgan fingerprint density at radius 3 is 2.70 bits per heavy atom. The number of aromatic nitrogens is 2. The molecule has 1 aromatic rings. The molecule has 0 saturated carbocycles. The van der Waals surface area contributed by atoms with Gasteiger partial charge in [0.15, 0.2) is 5.82 Å². The van der Waals surface area contributed by atoms with Crippen molar-refractivity contribution in [1.29, 1.82) is 0 Å². The molecule has 2 bridgehead atoms. The first-order valence-electron chi connectivity index (χ1n) is 6.98. The molecule has 2 fully saturated rings. The number of carbonyl (C=O) groups excluding carboxylic acids is 1. The summed E-state index contributed by atoms with van der Waals surface area (Å²) in [7, 11) is 0. The SMILES string of the molecule is CC(C)(C)OC(=O)N1C[C@H]2C[C@@H]1CN2c1cccnn1. The van der Waals surface area contributed by atoms with Crippen LogP contribution < -0.4 is 4.90 Å². The van der Waals surface area contributed by atoms with Gasteiger partial charge in [-0.3, -0.25) is 0 Å². The van der Waals surface area contributed by atoms with Crippen LogP contribution in [-0.4, -0.2) is 52.0 Å². The van der Waals surface area contributed by atoms with Crippen molar-refractivity contribution in [1.82, 2.24) is 15.1 Å². The zero-order valence-corrected chi connectivity index (χ0v) is 12.1. The van der Waals surface area contributed by atoms with Crippen molar-refractivity contribution >= 4 is 11.9 Å². The number of amides is 1. The number of hydrogen-bond acceptors (Lipinski definition) is 5. The highest BCUT2D eigenvalue weighted by atomic mass is 16.6. The average Bonchev–Trinajstić information content (AvgIpc) is 2.97. The Labute approximate surface area is 118 Å². The lowest BCUT2D eigenvalue weighted by atomic mass is 10.2. The monoisotopic (exact) mass is 276 g/mol. The molecule has 0 radical (unpaired) electrons. The highest BCUT2D eigenvalue weighted by Crippen LogP contribution is 2.34. The maximum atomic E-state index is 12.2. The number of fused-ring (bicyclic) bond motifs is 2. The smallest absolute Gasteiger partial charge is 0.410 e. The molecule has 0 spiro atoms. The number of piperazine rings is 1. The summed E-state index contributed by atoms with van der Waals surface area (Å²) in [6.45, 7) is 7.19. The largest absolute Gasteiger partial charge is 0.444 e. The fraction of sp³-hybridized carbons (Fsp3) is 0.643. The van der Waals surface area contributed by atoms with Gasteiger partial charge in [-0.1, -0.05) is 0 Å². The molecule has 2 saturated heterocycles. The van der Waals surface area contributed by atoms with Crippen molar-refractivity contribution in [3.05, 3.63) is 18.3 Å². The van der Waals surface area contributed by atoms with Crippen molar-refractivity contribution in [2.24, 2.45) is 0 Å². The van der Waals surface area contributed by atoms with Crippen molar-refractivity contribution in [2.45, 2.75) is 44.9 Å². The predicted octanol–water partition coefficient (Wildman–Crippen LogP) is 1.67. The second-order valence-corrected chi connectivity index (χ2v) is 6.41. The summed E-state index contributed by atoms with van der Waals surface area (Å²) in [6, 6.07) is 4.40. The molecule has 2 aliphatic heterocycles. The Morgan fingerprint density at radius 2 is 2.15 bits per heavy atom. The molecule has 20 heavy (non-hydrogen) atoms. The van der Waals surface area contributed by atoms with E-state index >= 15 is 0 Å². The molecule has 0 aliphatic carbocycles. The summed E-state index contributed by atoms with van der Waals surface area (Å²) in [5.41, 5.74) is -0.441. The van der Waals surface area contributed by atoms with Gasteiger partial charge in [0.2, 0.25) is 0 Å². The molecule has 1 amide bonds. The van der Waals surface area contributed by atoms with Crippen LogP contribution >= 0.6 is 0 Å². The van der Waals surface area contributed by atoms with Crippen molar-refractivity contribution in [3.8, 4) is 0 Å². The van der Waals surface area contributed by atoms with Gasteiger partial charge in [0, 0.05) is 19.3 Å². The number of carbonyl (C=O) groups is 1. The van der Waals surface area contributed by atoms with Gasteiger partial charge in [-0.15, -0.1) is 5.10 Å².